The van der Waals surface area contributed by atoms with Gasteiger partial charge >= 0.3 is 0 Å². The van der Waals surface area contributed by atoms with Crippen LogP contribution in [0.3, 0.4) is 0 Å². The molecule has 1 aliphatic carbocycles. The first-order chi connectivity index (χ1) is 8.95. The molecule has 2 rings (SSSR count). The minimum Gasteiger partial charge on any atom is -0.393 e. The Morgan fingerprint density at radius 3 is 2.84 bits per heavy atom. The third-order valence-corrected chi connectivity index (χ3v) is 5.11. The number of hydrogen-bond acceptors (Lipinski definition) is 4. The van der Waals surface area contributed by atoms with Gasteiger partial charge in [0.05, 0.1) is 11.1 Å². The van der Waals surface area contributed by atoms with Gasteiger partial charge in [0.2, 0.25) is 0 Å². The lowest BCUT2D eigenvalue weighted by molar-refractivity contribution is 0.101. The summed E-state index contributed by atoms with van der Waals surface area (Å²) in [5.74, 6) is 0.638. The highest BCUT2D eigenvalue weighted by atomic mass is 32.1. The number of rotatable bonds is 4. The molecule has 2 atom stereocenters. The van der Waals surface area contributed by atoms with Gasteiger partial charge in [-0.3, -0.25) is 0 Å². The van der Waals surface area contributed by atoms with E-state index in [0.29, 0.717) is 5.92 Å². The standard InChI is InChI=1S/C15H26N2OS/c1-15(2,3)14-17-10-13(19-14)9-16-8-11-5-4-6-12(18)7-11/h10-12,16,18H,4-9H2,1-3H3. The van der Waals surface area contributed by atoms with E-state index in [9.17, 15) is 5.11 Å². The summed E-state index contributed by atoms with van der Waals surface area (Å²) in [5.41, 5.74) is 0.149. The second-order valence-corrected chi connectivity index (χ2v) is 7.81. The van der Waals surface area contributed by atoms with Crippen LogP contribution in [0.1, 0.15) is 56.3 Å². The van der Waals surface area contributed by atoms with E-state index in [4.69, 9.17) is 0 Å². The third-order valence-electron chi connectivity index (χ3n) is 3.68. The molecule has 1 aromatic rings. The van der Waals surface area contributed by atoms with E-state index >= 15 is 0 Å². The maximum absolute atomic E-state index is 9.65. The van der Waals surface area contributed by atoms with Crippen LogP contribution >= 0.6 is 11.3 Å². The molecule has 1 aliphatic rings. The van der Waals surface area contributed by atoms with E-state index in [1.54, 1.807) is 11.3 Å². The van der Waals surface area contributed by atoms with Gasteiger partial charge in [-0.05, 0) is 31.7 Å². The maximum Gasteiger partial charge on any atom is 0.0981 e. The molecule has 2 unspecified atom stereocenters. The molecular formula is C15H26N2OS. The molecule has 0 aliphatic heterocycles. The Bertz CT molecular complexity index is 397. The number of nitrogens with one attached hydrogen (secondary N) is 1. The van der Waals surface area contributed by atoms with E-state index in [1.165, 1.54) is 22.7 Å². The van der Waals surface area contributed by atoms with Crippen molar-refractivity contribution in [3.05, 3.63) is 16.1 Å². The molecule has 0 aromatic carbocycles. The Morgan fingerprint density at radius 1 is 1.42 bits per heavy atom. The fourth-order valence-electron chi connectivity index (χ4n) is 2.58. The number of aliphatic hydroxyl groups excluding tert-OH is 1. The summed E-state index contributed by atoms with van der Waals surface area (Å²) in [6.07, 6.45) is 6.29. The molecule has 2 N–H and O–H groups in total. The first-order valence-electron chi connectivity index (χ1n) is 7.29. The SMILES string of the molecule is CC(C)(C)c1ncc(CNCC2CCCC(O)C2)s1. The van der Waals surface area contributed by atoms with Gasteiger partial charge in [0.15, 0.2) is 0 Å². The van der Waals surface area contributed by atoms with Gasteiger partial charge in [0.25, 0.3) is 0 Å². The molecule has 0 saturated heterocycles. The van der Waals surface area contributed by atoms with Gasteiger partial charge in [0.1, 0.15) is 0 Å². The maximum atomic E-state index is 9.65. The summed E-state index contributed by atoms with van der Waals surface area (Å²) in [5, 5.41) is 14.4. The van der Waals surface area contributed by atoms with E-state index in [1.807, 2.05) is 6.20 Å². The molecule has 0 amide bonds. The van der Waals surface area contributed by atoms with Crippen molar-refractivity contribution in [2.24, 2.45) is 5.92 Å². The summed E-state index contributed by atoms with van der Waals surface area (Å²) in [7, 11) is 0. The van der Waals surface area contributed by atoms with Crippen molar-refractivity contribution < 1.29 is 5.11 Å². The van der Waals surface area contributed by atoms with Gasteiger partial charge in [-0.2, -0.15) is 0 Å². The van der Waals surface area contributed by atoms with Gasteiger partial charge in [-0.1, -0.05) is 27.2 Å². The highest BCUT2D eigenvalue weighted by Gasteiger charge is 2.20. The first kappa shape index (κ1) is 14.9. The van der Waals surface area contributed by atoms with Gasteiger partial charge in [0, 0.05) is 23.0 Å². The van der Waals surface area contributed by atoms with Crippen LogP contribution in [0.2, 0.25) is 0 Å². The van der Waals surface area contributed by atoms with Crippen molar-refractivity contribution in [1.29, 1.82) is 0 Å². The zero-order valence-electron chi connectivity index (χ0n) is 12.3. The summed E-state index contributed by atoms with van der Waals surface area (Å²) >= 11 is 1.80. The van der Waals surface area contributed by atoms with Crippen molar-refractivity contribution >= 4 is 11.3 Å². The smallest absolute Gasteiger partial charge is 0.0981 e. The molecule has 1 heterocycles. The van der Waals surface area contributed by atoms with Crippen molar-refractivity contribution in [3.63, 3.8) is 0 Å². The molecule has 0 spiro atoms. The van der Waals surface area contributed by atoms with Gasteiger partial charge in [-0.15, -0.1) is 11.3 Å². The average Bonchev–Trinajstić information content (AvgIpc) is 2.77. The van der Waals surface area contributed by atoms with Crippen molar-refractivity contribution in [2.45, 2.75) is 64.5 Å². The van der Waals surface area contributed by atoms with Crippen LogP contribution in [0.15, 0.2) is 6.20 Å². The van der Waals surface area contributed by atoms with E-state index in [0.717, 1.165) is 25.9 Å². The highest BCUT2D eigenvalue weighted by molar-refractivity contribution is 7.11. The molecule has 0 radical (unpaired) electrons. The predicted molar refractivity (Wildman–Crippen MR) is 80.5 cm³/mol. The van der Waals surface area contributed by atoms with Crippen LogP contribution in [0.5, 0.6) is 0 Å². The van der Waals surface area contributed by atoms with Crippen LogP contribution in [0.25, 0.3) is 0 Å². The Kier molecular flexibility index (Phi) is 4.98. The molecule has 1 saturated carbocycles. The molecule has 19 heavy (non-hydrogen) atoms. The third kappa shape index (κ3) is 4.55. The Labute approximate surface area is 120 Å². The largest absolute Gasteiger partial charge is 0.393 e. The lowest BCUT2D eigenvalue weighted by Crippen LogP contribution is -2.28. The quantitative estimate of drug-likeness (QED) is 0.892. The molecule has 3 nitrogen and oxygen atoms in total. The van der Waals surface area contributed by atoms with Gasteiger partial charge in [-0.25, -0.2) is 4.98 Å². The van der Waals surface area contributed by atoms with Crippen LogP contribution in [0, 0.1) is 5.92 Å². The summed E-state index contributed by atoms with van der Waals surface area (Å²) in [4.78, 5) is 5.81. The van der Waals surface area contributed by atoms with Gasteiger partial charge < -0.3 is 10.4 Å². The molecule has 0 bridgehead atoms. The van der Waals surface area contributed by atoms with Crippen LogP contribution in [-0.2, 0) is 12.0 Å². The topological polar surface area (TPSA) is 45.2 Å². The number of aliphatic hydroxyl groups is 1. The van der Waals surface area contributed by atoms with Crippen LogP contribution < -0.4 is 5.32 Å². The summed E-state index contributed by atoms with van der Waals surface area (Å²) in [6.45, 7) is 8.52. The summed E-state index contributed by atoms with van der Waals surface area (Å²) in [6, 6.07) is 0. The number of aromatic nitrogens is 1. The summed E-state index contributed by atoms with van der Waals surface area (Å²) < 4.78 is 0. The first-order valence-corrected chi connectivity index (χ1v) is 8.11. The molecule has 4 heteroatoms. The fourth-order valence-corrected chi connectivity index (χ4v) is 3.52. The predicted octanol–water partition coefficient (Wildman–Crippen LogP) is 3.08. The zero-order chi connectivity index (χ0) is 13.9. The zero-order valence-corrected chi connectivity index (χ0v) is 13.1. The van der Waals surface area contributed by atoms with Crippen molar-refractivity contribution in [2.75, 3.05) is 6.54 Å². The second-order valence-electron chi connectivity index (χ2n) is 6.70. The molecular weight excluding hydrogens is 256 g/mol. The highest BCUT2D eigenvalue weighted by Crippen LogP contribution is 2.27. The lowest BCUT2D eigenvalue weighted by Gasteiger charge is -2.25. The lowest BCUT2D eigenvalue weighted by atomic mass is 9.87. The second kappa shape index (κ2) is 6.33. The van der Waals surface area contributed by atoms with E-state index in [-0.39, 0.29) is 11.5 Å². The number of hydrogen-bond donors (Lipinski definition) is 2. The Morgan fingerprint density at radius 2 is 2.21 bits per heavy atom. The fraction of sp³-hybridized carbons (Fsp3) is 0.800. The number of thiazole rings is 1. The van der Waals surface area contributed by atoms with Crippen molar-refractivity contribution in [3.8, 4) is 0 Å². The monoisotopic (exact) mass is 282 g/mol. The molecule has 108 valence electrons. The molecule has 1 fully saturated rings. The minimum atomic E-state index is -0.0727. The normalized spacial score (nSPS) is 24.6. The average molecular weight is 282 g/mol. The number of nitrogens with zero attached hydrogens (tertiary/aromatic N) is 1. The van der Waals surface area contributed by atoms with Crippen LogP contribution in [0.4, 0.5) is 0 Å². The van der Waals surface area contributed by atoms with E-state index in [2.05, 4.69) is 31.1 Å². The van der Waals surface area contributed by atoms with Crippen LogP contribution in [-0.4, -0.2) is 22.7 Å². The van der Waals surface area contributed by atoms with E-state index < -0.39 is 0 Å². The Balaban J connectivity index is 1.75. The van der Waals surface area contributed by atoms with Crippen molar-refractivity contribution in [1.82, 2.24) is 10.3 Å². The Hall–Kier alpha value is -0.450. The minimum absolute atomic E-state index is 0.0727. The molecule has 1 aromatic heterocycles.